The lowest BCUT2D eigenvalue weighted by atomic mass is 10.0. The van der Waals surface area contributed by atoms with Crippen LogP contribution >= 0.6 is 0 Å². The Balaban J connectivity index is 2.15. The first-order valence-electron chi connectivity index (χ1n) is 17.4. The third kappa shape index (κ3) is 14.5. The van der Waals surface area contributed by atoms with Crippen LogP contribution in [0.1, 0.15) is 84.6 Å². The van der Waals surface area contributed by atoms with Gasteiger partial charge in [-0.05, 0) is 43.2 Å². The SMILES string of the molecule is C=CC(=O)OC(COCC(CC)CCCC)COc1cccc2c(OCC(COCC(CC)CCCC)OC(=O)C=C)c(C)ccc12. The summed E-state index contributed by atoms with van der Waals surface area (Å²) >= 11 is 0. The highest BCUT2D eigenvalue weighted by Gasteiger charge is 2.20. The molecule has 2 aromatic carbocycles. The van der Waals surface area contributed by atoms with E-state index in [9.17, 15) is 9.59 Å². The molecule has 0 amide bonds. The number of fused-ring (bicyclic) bond motifs is 1. The maximum atomic E-state index is 12.1. The number of carbonyl (C=O) groups excluding carboxylic acids is 2. The fourth-order valence-electron chi connectivity index (χ4n) is 5.27. The molecule has 8 nitrogen and oxygen atoms in total. The number of carbonyl (C=O) groups is 2. The Hall–Kier alpha value is -3.36. The second kappa shape index (κ2) is 23.0. The van der Waals surface area contributed by atoms with Crippen molar-refractivity contribution in [2.24, 2.45) is 11.8 Å². The normalized spacial score (nSPS) is 13.7. The zero-order valence-corrected chi connectivity index (χ0v) is 29.4. The standard InChI is InChI=1S/C39H58O8/c1-8-14-17-30(10-3)23-42-25-32(46-37(40)12-5)27-44-36-20-16-19-35-34(36)22-21-29(7)39(35)45-28-33(47-38(41)13-6)26-43-24-31(11-4)18-15-9-2/h12-13,16,19-22,30-33H,5-6,8-11,14-15,17-18,23-28H2,1-4,7H3. The molecule has 4 atom stereocenters. The van der Waals surface area contributed by atoms with E-state index in [2.05, 4.69) is 40.9 Å². The van der Waals surface area contributed by atoms with Crippen LogP contribution in [0.3, 0.4) is 0 Å². The highest BCUT2D eigenvalue weighted by atomic mass is 16.6. The summed E-state index contributed by atoms with van der Waals surface area (Å²) in [7, 11) is 0. The van der Waals surface area contributed by atoms with Crippen LogP contribution in [0.5, 0.6) is 11.5 Å². The molecule has 4 unspecified atom stereocenters. The Morgan fingerprint density at radius 1 is 0.681 bits per heavy atom. The maximum Gasteiger partial charge on any atom is 0.330 e. The minimum atomic E-state index is -0.604. The van der Waals surface area contributed by atoms with E-state index in [1.54, 1.807) is 0 Å². The molecule has 0 aliphatic rings. The predicted octanol–water partition coefficient (Wildman–Crippen LogP) is 8.57. The van der Waals surface area contributed by atoms with Gasteiger partial charge in [-0.3, -0.25) is 0 Å². The fraction of sp³-hybridized carbons (Fsp3) is 0.590. The molecule has 0 aromatic heterocycles. The summed E-state index contributed by atoms with van der Waals surface area (Å²) in [6, 6.07) is 9.67. The molecular weight excluding hydrogens is 596 g/mol. The molecule has 0 aliphatic carbocycles. The van der Waals surface area contributed by atoms with Gasteiger partial charge in [-0.15, -0.1) is 0 Å². The number of rotatable bonds is 26. The summed E-state index contributed by atoms with van der Waals surface area (Å²) in [5.41, 5.74) is 0.926. The van der Waals surface area contributed by atoms with E-state index in [4.69, 9.17) is 28.4 Å². The molecule has 0 aliphatic heterocycles. The van der Waals surface area contributed by atoms with E-state index in [1.807, 2.05) is 37.3 Å². The first-order chi connectivity index (χ1) is 22.8. The van der Waals surface area contributed by atoms with E-state index in [0.29, 0.717) is 36.5 Å². The monoisotopic (exact) mass is 654 g/mol. The maximum absolute atomic E-state index is 12.1. The molecule has 0 saturated carbocycles. The lowest BCUT2D eigenvalue weighted by Crippen LogP contribution is -2.30. The van der Waals surface area contributed by atoms with Gasteiger partial charge in [0, 0.05) is 36.1 Å². The molecule has 0 radical (unpaired) electrons. The van der Waals surface area contributed by atoms with Crippen LogP contribution in [0.15, 0.2) is 55.6 Å². The van der Waals surface area contributed by atoms with E-state index >= 15 is 0 Å². The molecule has 0 saturated heterocycles. The summed E-state index contributed by atoms with van der Waals surface area (Å²) < 4.78 is 35.7. The van der Waals surface area contributed by atoms with Crippen LogP contribution in [0.25, 0.3) is 10.8 Å². The van der Waals surface area contributed by atoms with Gasteiger partial charge in [-0.1, -0.05) is 104 Å². The lowest BCUT2D eigenvalue weighted by molar-refractivity contribution is -0.149. The van der Waals surface area contributed by atoms with E-state index in [-0.39, 0.29) is 26.4 Å². The summed E-state index contributed by atoms with van der Waals surface area (Å²) in [4.78, 5) is 24.2. The lowest BCUT2D eigenvalue weighted by Gasteiger charge is -2.22. The van der Waals surface area contributed by atoms with E-state index in [0.717, 1.165) is 67.0 Å². The number of benzene rings is 2. The van der Waals surface area contributed by atoms with Gasteiger partial charge >= 0.3 is 11.9 Å². The predicted molar refractivity (Wildman–Crippen MR) is 188 cm³/mol. The number of aryl methyl sites for hydroxylation is 1. The van der Waals surface area contributed by atoms with Gasteiger partial charge in [0.15, 0.2) is 12.2 Å². The highest BCUT2D eigenvalue weighted by Crippen LogP contribution is 2.35. The number of hydrogen-bond acceptors (Lipinski definition) is 8. The second-order valence-electron chi connectivity index (χ2n) is 12.1. The summed E-state index contributed by atoms with van der Waals surface area (Å²) in [5.74, 6) is 1.18. The zero-order chi connectivity index (χ0) is 34.4. The Bertz CT molecular complexity index is 1220. The van der Waals surface area contributed by atoms with Gasteiger partial charge in [-0.25, -0.2) is 9.59 Å². The Morgan fingerprint density at radius 3 is 1.70 bits per heavy atom. The average Bonchev–Trinajstić information content (AvgIpc) is 3.08. The minimum absolute atomic E-state index is 0.114. The smallest absolute Gasteiger partial charge is 0.330 e. The molecule has 0 N–H and O–H groups in total. The summed E-state index contributed by atoms with van der Waals surface area (Å²) in [5, 5.41) is 1.69. The Morgan fingerprint density at radius 2 is 1.21 bits per heavy atom. The number of hydrogen-bond donors (Lipinski definition) is 0. The van der Waals surface area contributed by atoms with Gasteiger partial charge in [0.1, 0.15) is 24.7 Å². The van der Waals surface area contributed by atoms with Gasteiger partial charge in [0.2, 0.25) is 0 Å². The average molecular weight is 655 g/mol. The van der Waals surface area contributed by atoms with Crippen molar-refractivity contribution in [1.29, 1.82) is 0 Å². The first-order valence-corrected chi connectivity index (χ1v) is 17.4. The second-order valence-corrected chi connectivity index (χ2v) is 12.1. The number of esters is 2. The zero-order valence-electron chi connectivity index (χ0n) is 29.4. The topological polar surface area (TPSA) is 89.5 Å². The van der Waals surface area contributed by atoms with Crippen LogP contribution < -0.4 is 9.47 Å². The molecule has 8 heteroatoms. The molecular formula is C39H58O8. The molecule has 0 fully saturated rings. The largest absolute Gasteiger partial charge is 0.489 e. The number of ether oxygens (including phenoxy) is 6. The van der Waals surface area contributed by atoms with Gasteiger partial charge in [0.05, 0.1) is 13.2 Å². The third-order valence-electron chi connectivity index (χ3n) is 8.31. The molecule has 262 valence electrons. The highest BCUT2D eigenvalue weighted by molar-refractivity contribution is 5.94. The van der Waals surface area contributed by atoms with Crippen LogP contribution in [0.4, 0.5) is 0 Å². The summed E-state index contributed by atoms with van der Waals surface area (Å²) in [6.45, 7) is 19.6. The molecule has 47 heavy (non-hydrogen) atoms. The van der Waals surface area contributed by atoms with Gasteiger partial charge in [0.25, 0.3) is 0 Å². The van der Waals surface area contributed by atoms with E-state index in [1.165, 1.54) is 12.8 Å². The first kappa shape index (κ1) is 39.8. The van der Waals surface area contributed by atoms with Crippen molar-refractivity contribution < 1.29 is 38.0 Å². The molecule has 0 heterocycles. The van der Waals surface area contributed by atoms with Crippen LogP contribution in [0, 0.1) is 18.8 Å². The Kier molecular flexibility index (Phi) is 19.5. The van der Waals surface area contributed by atoms with Crippen LogP contribution in [0.2, 0.25) is 0 Å². The van der Waals surface area contributed by atoms with Crippen molar-refractivity contribution in [1.82, 2.24) is 0 Å². The van der Waals surface area contributed by atoms with Crippen molar-refractivity contribution in [2.75, 3.05) is 39.6 Å². The van der Waals surface area contributed by atoms with E-state index < -0.39 is 24.1 Å². The van der Waals surface area contributed by atoms with Gasteiger partial charge in [-0.2, -0.15) is 0 Å². The summed E-state index contributed by atoms with van der Waals surface area (Å²) in [6.07, 6.45) is 10.0. The third-order valence-corrected chi connectivity index (χ3v) is 8.31. The van der Waals surface area contributed by atoms with Crippen molar-refractivity contribution in [3.63, 3.8) is 0 Å². The quantitative estimate of drug-likeness (QED) is 0.0736. The van der Waals surface area contributed by atoms with Crippen molar-refractivity contribution >= 4 is 22.7 Å². The fourth-order valence-corrected chi connectivity index (χ4v) is 5.27. The van der Waals surface area contributed by atoms with Crippen molar-refractivity contribution in [3.8, 4) is 11.5 Å². The van der Waals surface area contributed by atoms with Crippen LogP contribution in [-0.4, -0.2) is 63.8 Å². The molecule has 0 bridgehead atoms. The minimum Gasteiger partial charge on any atom is -0.489 e. The molecule has 2 rings (SSSR count). The molecule has 0 spiro atoms. The van der Waals surface area contributed by atoms with Gasteiger partial charge < -0.3 is 28.4 Å². The van der Waals surface area contributed by atoms with Crippen molar-refractivity contribution in [2.45, 2.75) is 98.2 Å². The number of unbranched alkanes of at least 4 members (excludes halogenated alkanes) is 2. The molecule has 2 aromatic rings. The van der Waals surface area contributed by atoms with Crippen molar-refractivity contribution in [3.05, 3.63) is 61.2 Å². The Labute approximate surface area is 282 Å². The van der Waals surface area contributed by atoms with Crippen LogP contribution in [-0.2, 0) is 28.5 Å².